The molecule has 3 nitrogen and oxygen atoms in total. The summed E-state index contributed by atoms with van der Waals surface area (Å²) in [5.41, 5.74) is 1.81. The molecule has 0 saturated carbocycles. The average molecular weight is 316 g/mol. The highest BCUT2D eigenvalue weighted by Gasteiger charge is 2.04. The molecule has 22 heavy (non-hydrogen) atoms. The van der Waals surface area contributed by atoms with E-state index in [1.807, 2.05) is 42.5 Å². The van der Waals surface area contributed by atoms with Crippen LogP contribution in [0.5, 0.6) is 5.75 Å². The fraction of sp³-hybridized carbons (Fsp3) is 0.167. The van der Waals surface area contributed by atoms with Crippen molar-refractivity contribution in [1.82, 2.24) is 0 Å². The third-order valence-corrected chi connectivity index (χ3v) is 3.29. The second-order valence-electron chi connectivity index (χ2n) is 4.80. The van der Waals surface area contributed by atoms with E-state index in [1.165, 1.54) is 0 Å². The average Bonchev–Trinajstić information content (AvgIpc) is 2.53. The van der Waals surface area contributed by atoms with Gasteiger partial charge in [0.15, 0.2) is 0 Å². The third kappa shape index (κ3) is 5.26. The van der Waals surface area contributed by atoms with Gasteiger partial charge >= 0.3 is 0 Å². The molecule has 0 aromatic heterocycles. The van der Waals surface area contributed by atoms with Crippen molar-refractivity contribution >= 4 is 23.2 Å². The lowest BCUT2D eigenvalue weighted by atomic mass is 10.1. The molecule has 0 heterocycles. The van der Waals surface area contributed by atoms with Gasteiger partial charge in [-0.2, -0.15) is 0 Å². The van der Waals surface area contributed by atoms with Crippen molar-refractivity contribution in [3.8, 4) is 5.75 Å². The second kappa shape index (κ2) is 8.25. The maximum absolute atomic E-state index is 12.0. The molecule has 2 aromatic carbocycles. The largest absolute Gasteiger partial charge is 0.489 e. The Morgan fingerprint density at radius 1 is 1.23 bits per heavy atom. The Morgan fingerprint density at radius 2 is 2.00 bits per heavy atom. The number of halogens is 1. The Balaban J connectivity index is 1.86. The van der Waals surface area contributed by atoms with Crippen LogP contribution >= 0.6 is 11.6 Å². The van der Waals surface area contributed by atoms with E-state index >= 15 is 0 Å². The molecule has 0 unspecified atom stereocenters. The maximum atomic E-state index is 12.0. The number of benzene rings is 2. The van der Waals surface area contributed by atoms with Gasteiger partial charge in [-0.3, -0.25) is 4.79 Å². The first kappa shape index (κ1) is 16.1. The highest BCUT2D eigenvalue weighted by Crippen LogP contribution is 2.18. The quantitative estimate of drug-likeness (QED) is 0.765. The molecule has 0 radical (unpaired) electrons. The van der Waals surface area contributed by atoms with Crippen molar-refractivity contribution in [2.24, 2.45) is 0 Å². The van der Waals surface area contributed by atoms with Crippen LogP contribution in [0, 0.1) is 0 Å². The van der Waals surface area contributed by atoms with Gasteiger partial charge in [-0.15, -0.1) is 0 Å². The summed E-state index contributed by atoms with van der Waals surface area (Å²) in [5.74, 6) is 0.672. The van der Waals surface area contributed by atoms with E-state index in [2.05, 4.69) is 11.9 Å². The first-order chi connectivity index (χ1) is 10.7. The summed E-state index contributed by atoms with van der Waals surface area (Å²) in [6, 6.07) is 14.8. The van der Waals surface area contributed by atoms with Gasteiger partial charge in [-0.05, 0) is 36.2 Å². The van der Waals surface area contributed by atoms with Gasteiger partial charge in [-0.25, -0.2) is 0 Å². The highest BCUT2D eigenvalue weighted by atomic mass is 35.5. The second-order valence-corrected chi connectivity index (χ2v) is 5.24. The minimum atomic E-state index is -0.0316. The molecule has 2 aromatic rings. The van der Waals surface area contributed by atoms with Crippen molar-refractivity contribution in [2.75, 3.05) is 11.9 Å². The van der Waals surface area contributed by atoms with E-state index < -0.39 is 0 Å². The van der Waals surface area contributed by atoms with Crippen LogP contribution in [0.1, 0.15) is 12.0 Å². The molecule has 0 atom stereocenters. The molecule has 1 N–H and O–H groups in total. The predicted octanol–water partition coefficient (Wildman–Crippen LogP) is 4.48. The topological polar surface area (TPSA) is 38.3 Å². The molecule has 0 aliphatic heterocycles. The number of hydrogen-bond acceptors (Lipinski definition) is 2. The van der Waals surface area contributed by atoms with Crippen LogP contribution in [0.2, 0.25) is 5.02 Å². The van der Waals surface area contributed by atoms with Crippen molar-refractivity contribution < 1.29 is 9.53 Å². The summed E-state index contributed by atoms with van der Waals surface area (Å²) >= 11 is 5.84. The third-order valence-electron chi connectivity index (χ3n) is 3.04. The summed E-state index contributed by atoms with van der Waals surface area (Å²) in [4.78, 5) is 12.0. The molecule has 0 aliphatic rings. The number of aryl methyl sites for hydroxylation is 1. The number of rotatable bonds is 7. The maximum Gasteiger partial charge on any atom is 0.224 e. The van der Waals surface area contributed by atoms with E-state index in [1.54, 1.807) is 12.1 Å². The molecule has 2 rings (SSSR count). The van der Waals surface area contributed by atoms with Crippen LogP contribution in [0.3, 0.4) is 0 Å². The monoisotopic (exact) mass is 315 g/mol. The Kier molecular flexibility index (Phi) is 6.04. The van der Waals surface area contributed by atoms with Crippen LogP contribution in [0.4, 0.5) is 5.69 Å². The van der Waals surface area contributed by atoms with Gasteiger partial charge in [0.25, 0.3) is 0 Å². The lowest BCUT2D eigenvalue weighted by Gasteiger charge is -2.08. The number of hydrogen-bond donors (Lipinski definition) is 1. The standard InChI is InChI=1S/C18H18ClNO2/c1-2-12-22-17-5-3-4-16(13-17)20-18(21)11-8-14-6-9-15(19)10-7-14/h2-7,9-10,13H,1,8,11-12H2,(H,20,21). The molecule has 0 fully saturated rings. The van der Waals surface area contributed by atoms with E-state index in [9.17, 15) is 4.79 Å². The summed E-state index contributed by atoms with van der Waals surface area (Å²) in [5, 5.41) is 3.57. The summed E-state index contributed by atoms with van der Waals surface area (Å²) in [7, 11) is 0. The normalized spacial score (nSPS) is 10.0. The van der Waals surface area contributed by atoms with Gasteiger partial charge in [-0.1, -0.05) is 42.5 Å². The number of anilines is 1. The van der Waals surface area contributed by atoms with Crippen LogP contribution in [0.25, 0.3) is 0 Å². The Labute approximate surface area is 135 Å². The van der Waals surface area contributed by atoms with E-state index in [-0.39, 0.29) is 5.91 Å². The zero-order valence-corrected chi connectivity index (χ0v) is 13.0. The number of carbonyl (C=O) groups excluding carboxylic acids is 1. The highest BCUT2D eigenvalue weighted by molar-refractivity contribution is 6.30. The molecular formula is C18H18ClNO2. The fourth-order valence-corrected chi connectivity index (χ4v) is 2.08. The molecule has 0 saturated heterocycles. The Bertz CT molecular complexity index is 638. The fourth-order valence-electron chi connectivity index (χ4n) is 1.95. The minimum absolute atomic E-state index is 0.0316. The molecular weight excluding hydrogens is 298 g/mol. The molecule has 0 spiro atoms. The van der Waals surface area contributed by atoms with E-state index in [0.717, 1.165) is 11.3 Å². The van der Waals surface area contributed by atoms with Gasteiger partial charge in [0.1, 0.15) is 12.4 Å². The van der Waals surface area contributed by atoms with Gasteiger partial charge in [0, 0.05) is 23.2 Å². The van der Waals surface area contributed by atoms with Crippen molar-refractivity contribution in [1.29, 1.82) is 0 Å². The van der Waals surface area contributed by atoms with E-state index in [0.29, 0.717) is 30.2 Å². The first-order valence-corrected chi connectivity index (χ1v) is 7.43. The van der Waals surface area contributed by atoms with Crippen LogP contribution in [-0.4, -0.2) is 12.5 Å². The van der Waals surface area contributed by atoms with Gasteiger partial charge in [0.05, 0.1) is 0 Å². The van der Waals surface area contributed by atoms with Crippen molar-refractivity contribution in [3.63, 3.8) is 0 Å². The van der Waals surface area contributed by atoms with Gasteiger partial charge in [0.2, 0.25) is 5.91 Å². The summed E-state index contributed by atoms with van der Waals surface area (Å²) < 4.78 is 5.44. The molecule has 0 aliphatic carbocycles. The SMILES string of the molecule is C=CCOc1cccc(NC(=O)CCc2ccc(Cl)cc2)c1. The van der Waals surface area contributed by atoms with E-state index in [4.69, 9.17) is 16.3 Å². The molecule has 114 valence electrons. The number of ether oxygens (including phenoxy) is 1. The minimum Gasteiger partial charge on any atom is -0.489 e. The summed E-state index contributed by atoms with van der Waals surface area (Å²) in [6.07, 6.45) is 2.77. The van der Waals surface area contributed by atoms with Gasteiger partial charge < -0.3 is 10.1 Å². The Hall–Kier alpha value is -2.26. The lowest BCUT2D eigenvalue weighted by Crippen LogP contribution is -2.12. The first-order valence-electron chi connectivity index (χ1n) is 7.05. The molecule has 1 amide bonds. The molecule has 4 heteroatoms. The zero-order chi connectivity index (χ0) is 15.8. The number of nitrogens with one attached hydrogen (secondary N) is 1. The number of carbonyl (C=O) groups is 1. The van der Waals surface area contributed by atoms with Crippen LogP contribution < -0.4 is 10.1 Å². The van der Waals surface area contributed by atoms with Crippen molar-refractivity contribution in [2.45, 2.75) is 12.8 Å². The zero-order valence-electron chi connectivity index (χ0n) is 12.2. The van der Waals surface area contributed by atoms with Crippen LogP contribution in [0.15, 0.2) is 61.2 Å². The smallest absolute Gasteiger partial charge is 0.224 e. The lowest BCUT2D eigenvalue weighted by molar-refractivity contribution is -0.116. The van der Waals surface area contributed by atoms with Crippen molar-refractivity contribution in [3.05, 3.63) is 71.8 Å². The molecule has 0 bridgehead atoms. The predicted molar refractivity (Wildman–Crippen MR) is 90.5 cm³/mol. The summed E-state index contributed by atoms with van der Waals surface area (Å²) in [6.45, 7) is 4.04. The van der Waals surface area contributed by atoms with Crippen LogP contribution in [-0.2, 0) is 11.2 Å². The Morgan fingerprint density at radius 3 is 2.73 bits per heavy atom. The number of amides is 1.